The van der Waals surface area contributed by atoms with Crippen molar-refractivity contribution < 1.29 is 9.63 Å². The van der Waals surface area contributed by atoms with Crippen LogP contribution >= 0.6 is 0 Å². The Labute approximate surface area is 89.7 Å². The van der Waals surface area contributed by atoms with Crippen molar-refractivity contribution in [1.82, 2.24) is 10.6 Å². The summed E-state index contributed by atoms with van der Waals surface area (Å²) in [6, 6.07) is 0.693. The number of nitrogens with one attached hydrogen (secondary N) is 2. The maximum absolute atomic E-state index is 11.4. The first-order valence-corrected chi connectivity index (χ1v) is 5.70. The Morgan fingerprint density at radius 3 is 1.87 bits per heavy atom. The molecule has 0 radical (unpaired) electrons. The maximum Gasteiger partial charge on any atom is 0.315 e. The van der Waals surface area contributed by atoms with Crippen molar-refractivity contribution in [1.29, 1.82) is 0 Å². The number of rotatable bonds is 3. The first kappa shape index (κ1) is 10.7. The van der Waals surface area contributed by atoms with Gasteiger partial charge < -0.3 is 15.5 Å². The fraction of sp³-hybridized carbons (Fsp3) is 0.900. The van der Waals surface area contributed by atoms with Crippen molar-refractivity contribution in [3.8, 4) is 0 Å². The van der Waals surface area contributed by atoms with E-state index in [1.54, 1.807) is 0 Å². The molecule has 5 nitrogen and oxygen atoms in total. The number of carbonyl (C=O) groups is 1. The van der Waals surface area contributed by atoms with Gasteiger partial charge >= 0.3 is 6.03 Å². The molecule has 0 spiro atoms. The molecule has 0 bridgehead atoms. The van der Waals surface area contributed by atoms with E-state index < -0.39 is 0 Å². The Morgan fingerprint density at radius 2 is 1.47 bits per heavy atom. The minimum Gasteiger partial charge on any atom is -0.335 e. The van der Waals surface area contributed by atoms with Gasteiger partial charge in [-0.2, -0.15) is 0 Å². The summed E-state index contributed by atoms with van der Waals surface area (Å²) in [6.07, 6.45) is 6.22. The highest BCUT2D eigenvalue weighted by molar-refractivity contribution is 5.74. The van der Waals surface area contributed by atoms with Gasteiger partial charge in [0.2, 0.25) is 0 Å². The van der Waals surface area contributed by atoms with E-state index in [2.05, 4.69) is 10.6 Å². The molecule has 2 amide bonds. The van der Waals surface area contributed by atoms with E-state index >= 15 is 0 Å². The Kier molecular flexibility index (Phi) is 3.43. The molecule has 4 N–H and O–H groups in total. The van der Waals surface area contributed by atoms with Crippen LogP contribution in [0.25, 0.3) is 0 Å². The van der Waals surface area contributed by atoms with Gasteiger partial charge in [-0.05, 0) is 38.5 Å². The van der Waals surface area contributed by atoms with Gasteiger partial charge in [0, 0.05) is 12.1 Å². The summed E-state index contributed by atoms with van der Waals surface area (Å²) in [6.45, 7) is 0. The minimum absolute atomic E-state index is 0.0189. The van der Waals surface area contributed by atoms with E-state index in [0.29, 0.717) is 6.04 Å². The molecule has 0 saturated heterocycles. The summed E-state index contributed by atoms with van der Waals surface area (Å²) in [4.78, 5) is 16.2. The molecule has 2 aliphatic carbocycles. The highest BCUT2D eigenvalue weighted by Gasteiger charge is 2.26. The van der Waals surface area contributed by atoms with Crippen molar-refractivity contribution in [3.63, 3.8) is 0 Å². The molecule has 0 heterocycles. The largest absolute Gasteiger partial charge is 0.335 e. The van der Waals surface area contributed by atoms with Crippen molar-refractivity contribution in [3.05, 3.63) is 0 Å². The first-order valence-electron chi connectivity index (χ1n) is 5.70. The second-order valence-electron chi connectivity index (χ2n) is 4.50. The van der Waals surface area contributed by atoms with Crippen LogP contribution in [0.2, 0.25) is 0 Å². The zero-order valence-corrected chi connectivity index (χ0v) is 8.87. The van der Waals surface area contributed by atoms with Crippen LogP contribution in [-0.4, -0.2) is 24.2 Å². The summed E-state index contributed by atoms with van der Waals surface area (Å²) in [5.74, 6) is 5.12. The summed E-state index contributed by atoms with van der Waals surface area (Å²) in [5.41, 5.74) is 0. The normalized spacial score (nSPS) is 31.0. The predicted octanol–water partition coefficient (Wildman–Crippen LogP) is 0.649. The molecule has 2 aliphatic rings. The Hall–Kier alpha value is -0.810. The SMILES string of the molecule is NOC1CCC(NC(=O)NC2CC2)CC1. The predicted molar refractivity (Wildman–Crippen MR) is 56.0 cm³/mol. The number of hydrogen-bond acceptors (Lipinski definition) is 3. The van der Waals surface area contributed by atoms with E-state index in [0.717, 1.165) is 38.5 Å². The fourth-order valence-electron chi connectivity index (χ4n) is 1.98. The molecular weight excluding hydrogens is 194 g/mol. The first-order chi connectivity index (χ1) is 7.28. The summed E-state index contributed by atoms with van der Waals surface area (Å²) in [5, 5.41) is 5.91. The molecule has 2 saturated carbocycles. The second-order valence-corrected chi connectivity index (χ2v) is 4.50. The van der Waals surface area contributed by atoms with Crippen LogP contribution in [0.5, 0.6) is 0 Å². The van der Waals surface area contributed by atoms with Gasteiger partial charge in [-0.1, -0.05) is 0 Å². The van der Waals surface area contributed by atoms with Gasteiger partial charge in [0.15, 0.2) is 0 Å². The molecule has 0 aromatic carbocycles. The quantitative estimate of drug-likeness (QED) is 0.602. The minimum atomic E-state index is -0.0189. The fourth-order valence-corrected chi connectivity index (χ4v) is 1.98. The number of nitrogens with two attached hydrogens (primary N) is 1. The van der Waals surface area contributed by atoms with Crippen molar-refractivity contribution >= 4 is 6.03 Å². The molecule has 5 heteroatoms. The lowest BCUT2D eigenvalue weighted by Crippen LogP contribution is -2.45. The topological polar surface area (TPSA) is 76.4 Å². The lowest BCUT2D eigenvalue weighted by Gasteiger charge is -2.27. The van der Waals surface area contributed by atoms with Crippen LogP contribution in [-0.2, 0) is 4.84 Å². The summed E-state index contributed by atoms with van der Waals surface area (Å²) < 4.78 is 0. The third kappa shape index (κ3) is 3.35. The lowest BCUT2D eigenvalue weighted by atomic mass is 9.93. The monoisotopic (exact) mass is 213 g/mol. The molecular formula is C10H19N3O2. The van der Waals surface area contributed by atoms with Gasteiger partial charge in [-0.15, -0.1) is 0 Å². The highest BCUT2D eigenvalue weighted by Crippen LogP contribution is 2.21. The van der Waals surface area contributed by atoms with Gasteiger partial charge in [-0.25, -0.2) is 10.7 Å². The smallest absolute Gasteiger partial charge is 0.315 e. The number of hydrogen-bond donors (Lipinski definition) is 3. The second kappa shape index (κ2) is 4.81. The number of urea groups is 1. The zero-order chi connectivity index (χ0) is 10.7. The molecule has 0 aliphatic heterocycles. The van der Waals surface area contributed by atoms with E-state index in [-0.39, 0.29) is 18.2 Å². The standard InChI is InChI=1S/C10H19N3O2/c11-15-9-5-3-8(4-6-9)13-10(14)12-7-1-2-7/h7-9H,1-6,11H2,(H2,12,13,14). The lowest BCUT2D eigenvalue weighted by molar-refractivity contribution is 0.0226. The van der Waals surface area contributed by atoms with Crippen LogP contribution in [0.15, 0.2) is 0 Å². The molecule has 0 atom stereocenters. The average Bonchev–Trinajstić information content (AvgIpc) is 3.03. The summed E-state index contributed by atoms with van der Waals surface area (Å²) >= 11 is 0. The third-order valence-corrected chi connectivity index (χ3v) is 3.11. The van der Waals surface area contributed by atoms with Crippen LogP contribution in [0.4, 0.5) is 4.79 Å². The Morgan fingerprint density at radius 1 is 1.00 bits per heavy atom. The third-order valence-electron chi connectivity index (χ3n) is 3.11. The molecule has 15 heavy (non-hydrogen) atoms. The van der Waals surface area contributed by atoms with Crippen LogP contribution < -0.4 is 16.5 Å². The number of carbonyl (C=O) groups excluding carboxylic acids is 1. The molecule has 2 rings (SSSR count). The van der Waals surface area contributed by atoms with Gasteiger partial charge in [-0.3, -0.25) is 0 Å². The van der Waals surface area contributed by atoms with Crippen molar-refractivity contribution in [2.24, 2.45) is 5.90 Å². The zero-order valence-electron chi connectivity index (χ0n) is 8.87. The Balaban J connectivity index is 1.64. The van der Waals surface area contributed by atoms with Crippen molar-refractivity contribution in [2.45, 2.75) is 56.7 Å². The van der Waals surface area contributed by atoms with E-state index in [4.69, 9.17) is 10.7 Å². The van der Waals surface area contributed by atoms with Crippen LogP contribution in [0.1, 0.15) is 38.5 Å². The molecule has 0 unspecified atom stereocenters. The van der Waals surface area contributed by atoms with Gasteiger partial charge in [0.05, 0.1) is 6.10 Å². The van der Waals surface area contributed by atoms with Gasteiger partial charge in [0.1, 0.15) is 0 Å². The maximum atomic E-state index is 11.4. The van der Waals surface area contributed by atoms with Gasteiger partial charge in [0.25, 0.3) is 0 Å². The molecule has 2 fully saturated rings. The molecule has 0 aromatic rings. The van der Waals surface area contributed by atoms with Crippen LogP contribution in [0.3, 0.4) is 0 Å². The Bertz CT molecular complexity index is 223. The van der Waals surface area contributed by atoms with E-state index in [1.807, 2.05) is 0 Å². The van der Waals surface area contributed by atoms with Crippen LogP contribution in [0, 0.1) is 0 Å². The highest BCUT2D eigenvalue weighted by atomic mass is 16.6. The summed E-state index contributed by atoms with van der Waals surface area (Å²) in [7, 11) is 0. The molecule has 0 aromatic heterocycles. The number of amides is 2. The molecule has 86 valence electrons. The average molecular weight is 213 g/mol. The van der Waals surface area contributed by atoms with E-state index in [9.17, 15) is 4.79 Å². The van der Waals surface area contributed by atoms with Crippen molar-refractivity contribution in [2.75, 3.05) is 0 Å². The van der Waals surface area contributed by atoms with E-state index in [1.165, 1.54) is 0 Å².